The SMILES string of the molecule is CC(C)(C)c1ccc(-c2cccc(Oc3nc4nc(-c5ccccc5)cc(C(F)(F)F)n4n3)c2C(=O)O)cc1. The molecule has 39 heavy (non-hydrogen) atoms. The van der Waals surface area contributed by atoms with E-state index in [9.17, 15) is 23.1 Å². The number of nitrogens with zero attached hydrogens (tertiary/aromatic N) is 4. The molecule has 1 N–H and O–H groups in total. The van der Waals surface area contributed by atoms with Gasteiger partial charge < -0.3 is 9.84 Å². The highest BCUT2D eigenvalue weighted by molar-refractivity contribution is 5.99. The molecule has 0 atom stereocenters. The smallest absolute Gasteiger partial charge is 0.433 e. The number of carboxylic acids is 1. The van der Waals surface area contributed by atoms with Gasteiger partial charge in [0.15, 0.2) is 5.69 Å². The van der Waals surface area contributed by atoms with E-state index in [1.807, 2.05) is 24.3 Å². The maximum Gasteiger partial charge on any atom is 0.433 e. The van der Waals surface area contributed by atoms with Gasteiger partial charge in [-0.3, -0.25) is 0 Å². The van der Waals surface area contributed by atoms with Crippen LogP contribution in [0.4, 0.5) is 13.2 Å². The van der Waals surface area contributed by atoms with E-state index in [1.165, 1.54) is 6.07 Å². The summed E-state index contributed by atoms with van der Waals surface area (Å²) in [7, 11) is 0. The van der Waals surface area contributed by atoms with Crippen LogP contribution in [0.3, 0.4) is 0 Å². The summed E-state index contributed by atoms with van der Waals surface area (Å²) >= 11 is 0. The average Bonchev–Trinajstić information content (AvgIpc) is 3.29. The Morgan fingerprint density at radius 1 is 0.872 bits per heavy atom. The molecule has 198 valence electrons. The van der Waals surface area contributed by atoms with E-state index >= 15 is 0 Å². The van der Waals surface area contributed by atoms with Crippen LogP contribution in [0.25, 0.3) is 28.2 Å². The van der Waals surface area contributed by atoms with Crippen LogP contribution in [0, 0.1) is 0 Å². The summed E-state index contributed by atoms with van der Waals surface area (Å²) in [4.78, 5) is 20.6. The van der Waals surface area contributed by atoms with Crippen LogP contribution in [0.15, 0.2) is 78.9 Å². The molecule has 0 aliphatic rings. The first-order valence-electron chi connectivity index (χ1n) is 12.0. The number of carbonyl (C=O) groups is 1. The van der Waals surface area contributed by atoms with Crippen molar-refractivity contribution in [2.75, 3.05) is 0 Å². The topological polar surface area (TPSA) is 89.6 Å². The number of aromatic carboxylic acids is 1. The molecule has 2 heterocycles. The third-order valence-electron chi connectivity index (χ3n) is 6.16. The molecular weight excluding hydrogens is 509 g/mol. The number of aromatic nitrogens is 4. The van der Waals surface area contributed by atoms with E-state index < -0.39 is 23.8 Å². The van der Waals surface area contributed by atoms with Crippen molar-refractivity contribution in [2.45, 2.75) is 32.4 Å². The van der Waals surface area contributed by atoms with E-state index in [1.54, 1.807) is 42.5 Å². The predicted octanol–water partition coefficient (Wildman–Crippen LogP) is 7.27. The van der Waals surface area contributed by atoms with Crippen molar-refractivity contribution in [3.63, 3.8) is 0 Å². The largest absolute Gasteiger partial charge is 0.478 e. The van der Waals surface area contributed by atoms with E-state index in [0.717, 1.165) is 11.6 Å². The first-order valence-corrected chi connectivity index (χ1v) is 12.0. The van der Waals surface area contributed by atoms with Crippen molar-refractivity contribution in [1.29, 1.82) is 0 Å². The number of fused-ring (bicyclic) bond motifs is 1. The summed E-state index contributed by atoms with van der Waals surface area (Å²) < 4.78 is 48.0. The molecule has 0 unspecified atom stereocenters. The third-order valence-corrected chi connectivity index (χ3v) is 6.16. The van der Waals surface area contributed by atoms with Crippen molar-refractivity contribution in [2.24, 2.45) is 0 Å². The Bertz CT molecular complexity index is 1670. The van der Waals surface area contributed by atoms with E-state index in [4.69, 9.17) is 4.74 Å². The van der Waals surface area contributed by atoms with Crippen molar-refractivity contribution >= 4 is 11.7 Å². The van der Waals surface area contributed by atoms with Gasteiger partial charge in [-0.15, -0.1) is 5.10 Å². The number of alkyl halides is 3. The Morgan fingerprint density at radius 3 is 2.18 bits per heavy atom. The summed E-state index contributed by atoms with van der Waals surface area (Å²) in [5.41, 5.74) is 1.26. The molecule has 7 nitrogen and oxygen atoms in total. The molecule has 0 aliphatic heterocycles. The molecule has 0 fully saturated rings. The lowest BCUT2D eigenvalue weighted by atomic mass is 9.86. The number of halogens is 3. The fourth-order valence-electron chi connectivity index (χ4n) is 4.18. The molecular formula is C29H23F3N4O3. The maximum absolute atomic E-state index is 13.9. The summed E-state index contributed by atoms with van der Waals surface area (Å²) in [5.74, 6) is -1.73. The Balaban J connectivity index is 1.58. The van der Waals surface area contributed by atoms with Gasteiger partial charge in [0, 0.05) is 5.56 Å². The first-order chi connectivity index (χ1) is 18.4. The summed E-state index contributed by atoms with van der Waals surface area (Å²) in [6.45, 7) is 6.22. The van der Waals surface area contributed by atoms with Gasteiger partial charge in [0.05, 0.1) is 5.69 Å². The minimum absolute atomic E-state index is 0.0568. The molecule has 0 saturated carbocycles. The van der Waals surface area contributed by atoms with Gasteiger partial charge in [0.2, 0.25) is 0 Å². The van der Waals surface area contributed by atoms with Gasteiger partial charge in [-0.25, -0.2) is 9.78 Å². The summed E-state index contributed by atoms with van der Waals surface area (Å²) in [6, 6.07) is 20.9. The van der Waals surface area contributed by atoms with Crippen LogP contribution < -0.4 is 4.74 Å². The lowest BCUT2D eigenvalue weighted by Gasteiger charge is -2.19. The molecule has 0 bridgehead atoms. The van der Waals surface area contributed by atoms with Gasteiger partial charge in [0.1, 0.15) is 11.3 Å². The van der Waals surface area contributed by atoms with Crippen molar-refractivity contribution < 1.29 is 27.8 Å². The highest BCUT2D eigenvalue weighted by Crippen LogP contribution is 2.36. The Labute approximate surface area is 221 Å². The fourth-order valence-corrected chi connectivity index (χ4v) is 4.18. The second-order valence-electron chi connectivity index (χ2n) is 9.91. The highest BCUT2D eigenvalue weighted by Gasteiger charge is 2.36. The van der Waals surface area contributed by atoms with Gasteiger partial charge in [-0.05, 0) is 34.2 Å². The van der Waals surface area contributed by atoms with Gasteiger partial charge in [0.25, 0.3) is 5.78 Å². The standard InChI is InChI=1S/C29H23F3N4O3/c1-28(2,3)19-14-12-17(13-15-19)20-10-7-11-22(24(20)25(37)38)39-27-34-26-33-21(18-8-5-4-6-9-18)16-23(29(30,31)32)36(26)35-27/h4-16H,1-3H3,(H,37,38). The normalized spacial score (nSPS) is 12.1. The molecule has 10 heteroatoms. The van der Waals surface area contributed by atoms with Gasteiger partial charge in [-0.1, -0.05) is 87.5 Å². The molecule has 0 aliphatic carbocycles. The lowest BCUT2D eigenvalue weighted by Crippen LogP contribution is -2.13. The summed E-state index contributed by atoms with van der Waals surface area (Å²) in [5, 5.41) is 13.9. The minimum atomic E-state index is -4.76. The monoisotopic (exact) mass is 532 g/mol. The van der Waals surface area contributed by atoms with Gasteiger partial charge in [-0.2, -0.15) is 22.7 Å². The average molecular weight is 533 g/mol. The van der Waals surface area contributed by atoms with Gasteiger partial charge >= 0.3 is 18.2 Å². The molecule has 5 rings (SSSR count). The number of carboxylic acid groups (broad SMARTS) is 1. The molecule has 3 aromatic carbocycles. The van der Waals surface area contributed by atoms with Crippen LogP contribution in [-0.2, 0) is 11.6 Å². The van der Waals surface area contributed by atoms with Crippen molar-refractivity contribution in [1.82, 2.24) is 19.6 Å². The van der Waals surface area contributed by atoms with Crippen molar-refractivity contribution in [3.8, 4) is 34.1 Å². The maximum atomic E-state index is 13.9. The molecule has 0 saturated heterocycles. The van der Waals surface area contributed by atoms with Crippen LogP contribution >= 0.6 is 0 Å². The van der Waals surface area contributed by atoms with Crippen LogP contribution in [-0.4, -0.2) is 30.7 Å². The zero-order chi connectivity index (χ0) is 27.9. The minimum Gasteiger partial charge on any atom is -0.478 e. The third kappa shape index (κ3) is 5.18. The molecule has 0 spiro atoms. The molecule has 0 amide bonds. The molecule has 5 aromatic rings. The van der Waals surface area contributed by atoms with Crippen LogP contribution in [0.5, 0.6) is 11.8 Å². The Morgan fingerprint density at radius 2 is 1.56 bits per heavy atom. The zero-order valence-electron chi connectivity index (χ0n) is 21.2. The van der Waals surface area contributed by atoms with E-state index in [-0.39, 0.29) is 28.2 Å². The fraction of sp³-hybridized carbons (Fsp3) is 0.172. The predicted molar refractivity (Wildman–Crippen MR) is 139 cm³/mol. The Hall–Kier alpha value is -4.73. The number of ether oxygens (including phenoxy) is 1. The highest BCUT2D eigenvalue weighted by atomic mass is 19.4. The zero-order valence-corrected chi connectivity index (χ0v) is 21.2. The number of hydrogen-bond acceptors (Lipinski definition) is 5. The van der Waals surface area contributed by atoms with Crippen molar-refractivity contribution in [3.05, 3.63) is 95.7 Å². The van der Waals surface area contributed by atoms with Crippen LogP contribution in [0.2, 0.25) is 0 Å². The second-order valence-corrected chi connectivity index (χ2v) is 9.91. The second kappa shape index (κ2) is 9.54. The number of hydrogen-bond donors (Lipinski definition) is 1. The van der Waals surface area contributed by atoms with E-state index in [0.29, 0.717) is 21.2 Å². The number of rotatable bonds is 5. The molecule has 0 radical (unpaired) electrons. The number of benzene rings is 3. The molecule has 2 aromatic heterocycles. The first kappa shape index (κ1) is 25.9. The lowest BCUT2D eigenvalue weighted by molar-refractivity contribution is -0.142. The van der Waals surface area contributed by atoms with E-state index in [2.05, 4.69) is 35.8 Å². The Kier molecular flexibility index (Phi) is 6.33. The summed E-state index contributed by atoms with van der Waals surface area (Å²) in [6.07, 6.45) is -4.76. The quantitative estimate of drug-likeness (QED) is 0.256. The van der Waals surface area contributed by atoms with Crippen LogP contribution in [0.1, 0.15) is 42.4 Å².